The number of aromatic nitrogens is 2. The molecule has 19 heavy (non-hydrogen) atoms. The lowest BCUT2D eigenvalue weighted by molar-refractivity contribution is -0.119. The van der Waals surface area contributed by atoms with Crippen LogP contribution < -0.4 is 5.32 Å². The second kappa shape index (κ2) is 5.92. The summed E-state index contributed by atoms with van der Waals surface area (Å²) in [4.78, 5) is 11.6. The Kier molecular flexibility index (Phi) is 4.03. The van der Waals surface area contributed by atoms with Gasteiger partial charge in [-0.15, -0.1) is 10.2 Å². The van der Waals surface area contributed by atoms with Crippen LogP contribution in [0.4, 0.5) is 0 Å². The maximum atomic E-state index is 11.6. The highest BCUT2D eigenvalue weighted by molar-refractivity contribution is 7.99. The largest absolute Gasteiger partial charge is 0.416 e. The van der Waals surface area contributed by atoms with Crippen molar-refractivity contribution in [2.75, 3.05) is 18.9 Å². The molecule has 7 heteroatoms. The highest BCUT2D eigenvalue weighted by Crippen LogP contribution is 2.39. The number of nitrogens with zero attached hydrogens (tertiary/aromatic N) is 2. The van der Waals surface area contributed by atoms with Crippen molar-refractivity contribution < 1.29 is 13.9 Å². The molecule has 0 unspecified atom stereocenters. The summed E-state index contributed by atoms with van der Waals surface area (Å²) in [5.74, 6) is 1.45. The Morgan fingerprint density at radius 1 is 1.37 bits per heavy atom. The van der Waals surface area contributed by atoms with E-state index in [0.29, 0.717) is 29.3 Å². The van der Waals surface area contributed by atoms with Crippen LogP contribution in [-0.4, -0.2) is 41.1 Å². The molecule has 0 bridgehead atoms. The molecule has 0 spiro atoms. The number of ether oxygens (including phenoxy) is 1. The Bertz CT molecular complexity index is 441. The zero-order valence-electron chi connectivity index (χ0n) is 10.6. The van der Waals surface area contributed by atoms with Crippen LogP contribution in [0.5, 0.6) is 0 Å². The van der Waals surface area contributed by atoms with Gasteiger partial charge in [0.25, 0.3) is 5.22 Å². The van der Waals surface area contributed by atoms with Gasteiger partial charge in [-0.05, 0) is 25.7 Å². The van der Waals surface area contributed by atoms with Crippen molar-refractivity contribution in [1.29, 1.82) is 0 Å². The van der Waals surface area contributed by atoms with Gasteiger partial charge in [0.2, 0.25) is 11.8 Å². The predicted molar refractivity (Wildman–Crippen MR) is 69.0 cm³/mol. The van der Waals surface area contributed by atoms with Crippen molar-refractivity contribution >= 4 is 17.7 Å². The molecule has 0 radical (unpaired) electrons. The first-order valence-electron chi connectivity index (χ1n) is 6.66. The van der Waals surface area contributed by atoms with Crippen molar-refractivity contribution in [1.82, 2.24) is 15.5 Å². The maximum absolute atomic E-state index is 11.6. The molecule has 1 N–H and O–H groups in total. The average molecular weight is 283 g/mol. The Labute approximate surface area is 115 Å². The fraction of sp³-hybridized carbons (Fsp3) is 0.750. The Morgan fingerprint density at radius 2 is 2.26 bits per heavy atom. The zero-order valence-corrected chi connectivity index (χ0v) is 11.4. The SMILES string of the molecule is O=C(CSc1nnc(C2CC2)o1)NC[C@H]1CCCO1. The van der Waals surface area contributed by atoms with Gasteiger partial charge in [-0.2, -0.15) is 0 Å². The minimum absolute atomic E-state index is 0.0216. The summed E-state index contributed by atoms with van der Waals surface area (Å²) in [6.07, 6.45) is 4.56. The standard InChI is InChI=1S/C12H17N3O3S/c16-10(13-6-9-2-1-5-17-9)7-19-12-15-14-11(18-12)8-3-4-8/h8-9H,1-7H2,(H,13,16)/t9-/m1/s1. The van der Waals surface area contributed by atoms with Crippen LogP contribution in [0.15, 0.2) is 9.64 Å². The van der Waals surface area contributed by atoms with Crippen molar-refractivity contribution in [2.24, 2.45) is 0 Å². The number of nitrogens with one attached hydrogen (secondary N) is 1. The van der Waals surface area contributed by atoms with E-state index < -0.39 is 0 Å². The summed E-state index contributed by atoms with van der Waals surface area (Å²) in [5.41, 5.74) is 0. The number of carbonyl (C=O) groups excluding carboxylic acids is 1. The normalized spacial score (nSPS) is 22.6. The van der Waals surface area contributed by atoms with Gasteiger partial charge in [0, 0.05) is 19.1 Å². The zero-order chi connectivity index (χ0) is 13.1. The molecule has 1 aliphatic heterocycles. The van der Waals surface area contributed by atoms with Crippen LogP contribution in [0.3, 0.4) is 0 Å². The van der Waals surface area contributed by atoms with Crippen LogP contribution in [0.25, 0.3) is 0 Å². The summed E-state index contributed by atoms with van der Waals surface area (Å²) >= 11 is 1.28. The minimum atomic E-state index is -0.0216. The van der Waals surface area contributed by atoms with Crippen LogP contribution in [0.2, 0.25) is 0 Å². The van der Waals surface area contributed by atoms with E-state index in [2.05, 4.69) is 15.5 Å². The highest BCUT2D eigenvalue weighted by Gasteiger charge is 2.29. The molecule has 2 aliphatic rings. The van der Waals surface area contributed by atoms with Crippen molar-refractivity contribution in [3.8, 4) is 0 Å². The van der Waals surface area contributed by atoms with E-state index in [9.17, 15) is 4.79 Å². The molecule has 1 aromatic rings. The molecule has 6 nitrogen and oxygen atoms in total. The minimum Gasteiger partial charge on any atom is -0.416 e. The molecule has 1 amide bonds. The summed E-state index contributed by atoms with van der Waals surface area (Å²) in [6.45, 7) is 1.40. The first-order valence-corrected chi connectivity index (χ1v) is 7.64. The monoisotopic (exact) mass is 283 g/mol. The molecule has 2 heterocycles. The van der Waals surface area contributed by atoms with E-state index in [0.717, 1.165) is 32.3 Å². The first-order chi connectivity index (χ1) is 9.31. The first kappa shape index (κ1) is 12.9. The molecule has 1 saturated carbocycles. The van der Waals surface area contributed by atoms with E-state index in [-0.39, 0.29) is 12.0 Å². The number of rotatable bonds is 6. The number of carbonyl (C=O) groups is 1. The lowest BCUT2D eigenvalue weighted by atomic mass is 10.2. The lowest BCUT2D eigenvalue weighted by Gasteiger charge is -2.09. The number of hydrogen-bond acceptors (Lipinski definition) is 6. The molecule has 1 aromatic heterocycles. The summed E-state index contributed by atoms with van der Waals surface area (Å²) in [6, 6.07) is 0. The second-order valence-corrected chi connectivity index (χ2v) is 5.83. The maximum Gasteiger partial charge on any atom is 0.277 e. The van der Waals surface area contributed by atoms with Gasteiger partial charge in [0.1, 0.15) is 0 Å². The van der Waals surface area contributed by atoms with Crippen LogP contribution in [-0.2, 0) is 9.53 Å². The Morgan fingerprint density at radius 3 is 3.00 bits per heavy atom. The van der Waals surface area contributed by atoms with Crippen LogP contribution in [0.1, 0.15) is 37.5 Å². The lowest BCUT2D eigenvalue weighted by Crippen LogP contribution is -2.32. The number of thioether (sulfide) groups is 1. The van der Waals surface area contributed by atoms with Gasteiger partial charge in [0.05, 0.1) is 11.9 Å². The van der Waals surface area contributed by atoms with E-state index in [1.165, 1.54) is 11.8 Å². The highest BCUT2D eigenvalue weighted by atomic mass is 32.2. The summed E-state index contributed by atoms with van der Waals surface area (Å²) < 4.78 is 10.9. The van der Waals surface area contributed by atoms with E-state index in [1.54, 1.807) is 0 Å². The summed E-state index contributed by atoms with van der Waals surface area (Å²) in [5, 5.41) is 11.2. The van der Waals surface area contributed by atoms with Gasteiger partial charge >= 0.3 is 0 Å². The Hall–Kier alpha value is -1.08. The third-order valence-electron chi connectivity index (χ3n) is 3.23. The Balaban J connectivity index is 1.36. The average Bonchev–Trinajstić information content (AvgIpc) is 2.95. The second-order valence-electron chi connectivity index (χ2n) is 4.91. The molecule has 1 atom stereocenters. The molecule has 1 aliphatic carbocycles. The van der Waals surface area contributed by atoms with Crippen LogP contribution >= 0.6 is 11.8 Å². The van der Waals surface area contributed by atoms with E-state index >= 15 is 0 Å². The molecule has 0 aromatic carbocycles. The van der Waals surface area contributed by atoms with Gasteiger partial charge in [-0.25, -0.2) is 0 Å². The van der Waals surface area contributed by atoms with Gasteiger partial charge < -0.3 is 14.5 Å². The fourth-order valence-electron chi connectivity index (χ4n) is 1.99. The molecule has 3 rings (SSSR count). The number of amides is 1. The third kappa shape index (κ3) is 3.70. The molecular weight excluding hydrogens is 266 g/mol. The number of hydrogen-bond donors (Lipinski definition) is 1. The van der Waals surface area contributed by atoms with Gasteiger partial charge in [0.15, 0.2) is 0 Å². The molecular formula is C12H17N3O3S. The summed E-state index contributed by atoms with van der Waals surface area (Å²) in [7, 11) is 0. The van der Waals surface area contributed by atoms with E-state index in [4.69, 9.17) is 9.15 Å². The quantitative estimate of drug-likeness (QED) is 0.794. The topological polar surface area (TPSA) is 77.2 Å². The molecule has 2 fully saturated rings. The van der Waals surface area contributed by atoms with Crippen molar-refractivity contribution in [2.45, 2.75) is 42.9 Å². The molecule has 104 valence electrons. The fourth-order valence-corrected chi connectivity index (χ4v) is 2.58. The van der Waals surface area contributed by atoms with Gasteiger partial charge in [-0.3, -0.25) is 4.79 Å². The molecule has 1 saturated heterocycles. The van der Waals surface area contributed by atoms with Gasteiger partial charge in [-0.1, -0.05) is 11.8 Å². The van der Waals surface area contributed by atoms with Crippen molar-refractivity contribution in [3.63, 3.8) is 0 Å². The van der Waals surface area contributed by atoms with Crippen LogP contribution in [0, 0.1) is 0 Å². The third-order valence-corrected chi connectivity index (χ3v) is 4.04. The predicted octanol–water partition coefficient (Wildman–Crippen LogP) is 1.33. The van der Waals surface area contributed by atoms with E-state index in [1.807, 2.05) is 0 Å². The van der Waals surface area contributed by atoms with Crippen molar-refractivity contribution in [3.05, 3.63) is 5.89 Å². The smallest absolute Gasteiger partial charge is 0.277 e.